The van der Waals surface area contributed by atoms with Gasteiger partial charge in [-0.2, -0.15) is 0 Å². The monoisotopic (exact) mass is 334 g/mol. The Bertz CT molecular complexity index is 524. The summed E-state index contributed by atoms with van der Waals surface area (Å²) in [6.07, 6.45) is 1.65. The maximum atomic E-state index is 12.3. The number of sulfonamides is 1. The zero-order chi connectivity index (χ0) is 15.9. The predicted octanol–water partition coefficient (Wildman–Crippen LogP) is 1.85. The fourth-order valence-electron chi connectivity index (χ4n) is 1.71. The molecule has 7 heteroatoms. The first kappa shape index (κ1) is 18.6. The summed E-state index contributed by atoms with van der Waals surface area (Å²) in [7, 11) is 0.120. The highest BCUT2D eigenvalue weighted by Crippen LogP contribution is 2.24. The zero-order valence-corrected chi connectivity index (χ0v) is 14.9. The molecular weight excluding hydrogens is 308 g/mol. The van der Waals surface area contributed by atoms with Crippen molar-refractivity contribution in [3.63, 3.8) is 0 Å². The Hall–Kier alpha value is -0.470. The second-order valence-corrected chi connectivity index (χ2v) is 8.97. The summed E-state index contributed by atoms with van der Waals surface area (Å²) in [5, 5.41) is 3.06. The number of hydrogen-bond donors (Lipinski definition) is 2. The van der Waals surface area contributed by atoms with Gasteiger partial charge in [-0.1, -0.05) is 13.8 Å². The van der Waals surface area contributed by atoms with Crippen LogP contribution in [-0.2, 0) is 21.2 Å². The summed E-state index contributed by atoms with van der Waals surface area (Å²) >= 11 is 1.33. The van der Waals surface area contributed by atoms with Gasteiger partial charge in [0.05, 0.1) is 0 Å². The van der Waals surface area contributed by atoms with E-state index in [1.807, 2.05) is 27.0 Å². The van der Waals surface area contributed by atoms with Crippen molar-refractivity contribution in [1.29, 1.82) is 0 Å². The van der Waals surface area contributed by atoms with Crippen LogP contribution in [0.1, 0.15) is 25.1 Å². The number of likely N-dealkylation sites (N-methyl/N-ethyl adjacent to an activating group) is 1. The van der Waals surface area contributed by atoms with Gasteiger partial charge in [-0.05, 0) is 44.0 Å². The lowest BCUT2D eigenvalue weighted by Crippen LogP contribution is -2.34. The lowest BCUT2D eigenvalue weighted by molar-refractivity contribution is 0.153. The molecule has 1 rings (SSSR count). The Morgan fingerprint density at radius 3 is 2.67 bits per heavy atom. The lowest BCUT2D eigenvalue weighted by atomic mass is 9.90. The maximum Gasteiger partial charge on any atom is 0.250 e. The van der Waals surface area contributed by atoms with Crippen LogP contribution in [-0.4, -0.2) is 42.3 Å². The van der Waals surface area contributed by atoms with Crippen molar-refractivity contribution in [3.05, 3.63) is 17.0 Å². The van der Waals surface area contributed by atoms with E-state index < -0.39 is 10.0 Å². The van der Waals surface area contributed by atoms with Crippen molar-refractivity contribution in [1.82, 2.24) is 10.0 Å². The summed E-state index contributed by atoms with van der Waals surface area (Å²) in [5.41, 5.74) is -0.130. The molecule has 0 aromatic carbocycles. The second-order valence-electron chi connectivity index (χ2n) is 5.81. The van der Waals surface area contributed by atoms with Crippen molar-refractivity contribution in [2.45, 2.75) is 30.9 Å². The molecule has 0 spiro atoms. The molecule has 5 nitrogen and oxygen atoms in total. The van der Waals surface area contributed by atoms with Crippen LogP contribution < -0.4 is 10.0 Å². The molecule has 0 unspecified atom stereocenters. The van der Waals surface area contributed by atoms with E-state index in [1.165, 1.54) is 11.3 Å². The van der Waals surface area contributed by atoms with E-state index in [2.05, 4.69) is 10.0 Å². The van der Waals surface area contributed by atoms with E-state index in [9.17, 15) is 8.42 Å². The number of ether oxygens (including phenoxy) is 1. The largest absolute Gasteiger partial charge is 0.385 e. The van der Waals surface area contributed by atoms with Gasteiger partial charge in [0, 0.05) is 25.1 Å². The van der Waals surface area contributed by atoms with E-state index in [4.69, 9.17) is 4.74 Å². The summed E-state index contributed by atoms with van der Waals surface area (Å²) in [6, 6.07) is 3.56. The van der Waals surface area contributed by atoms with Gasteiger partial charge >= 0.3 is 0 Å². The molecule has 1 aromatic heterocycles. The van der Waals surface area contributed by atoms with Gasteiger partial charge in [0.2, 0.25) is 10.0 Å². The number of methoxy groups -OCH3 is 1. The van der Waals surface area contributed by atoms with Crippen molar-refractivity contribution < 1.29 is 13.2 Å². The molecule has 0 amide bonds. The van der Waals surface area contributed by atoms with E-state index >= 15 is 0 Å². The molecule has 0 radical (unpaired) electrons. The van der Waals surface area contributed by atoms with Gasteiger partial charge in [-0.25, -0.2) is 13.1 Å². The molecule has 122 valence electrons. The Balaban J connectivity index is 2.62. The van der Waals surface area contributed by atoms with Crippen LogP contribution in [0.3, 0.4) is 0 Å². The number of thiophene rings is 1. The number of hydrogen-bond acceptors (Lipinski definition) is 5. The molecule has 0 fully saturated rings. The van der Waals surface area contributed by atoms with Gasteiger partial charge in [-0.15, -0.1) is 11.3 Å². The minimum atomic E-state index is -3.42. The molecule has 0 aliphatic rings. The van der Waals surface area contributed by atoms with Gasteiger partial charge in [0.25, 0.3) is 0 Å². The highest BCUT2D eigenvalue weighted by molar-refractivity contribution is 7.91. The van der Waals surface area contributed by atoms with Crippen LogP contribution in [0.4, 0.5) is 0 Å². The Morgan fingerprint density at radius 2 is 2.05 bits per heavy atom. The minimum absolute atomic E-state index is 0.130. The Morgan fingerprint density at radius 1 is 1.33 bits per heavy atom. The SMILES string of the molecule is CNCCc1ccc(S(=O)(=O)NCC(C)(C)CCOC)s1. The van der Waals surface area contributed by atoms with Crippen LogP contribution in [0.25, 0.3) is 0 Å². The standard InChI is InChI=1S/C14H26N2O3S2/c1-14(2,8-10-19-4)11-16-21(17,18)13-6-5-12(20-13)7-9-15-3/h5-6,15-16H,7-11H2,1-4H3. The third kappa shape index (κ3) is 6.44. The topological polar surface area (TPSA) is 67.4 Å². The van der Waals surface area contributed by atoms with Crippen LogP contribution in [0.15, 0.2) is 16.3 Å². The molecule has 0 aliphatic carbocycles. The summed E-state index contributed by atoms with van der Waals surface area (Å²) in [6.45, 7) is 5.93. The first-order valence-corrected chi connectivity index (χ1v) is 9.32. The summed E-state index contributed by atoms with van der Waals surface area (Å²) in [5.74, 6) is 0. The van der Waals surface area contributed by atoms with Gasteiger partial charge in [0.15, 0.2) is 0 Å². The molecule has 1 aromatic rings. The third-order valence-electron chi connectivity index (χ3n) is 3.25. The third-order valence-corrected chi connectivity index (χ3v) is 6.29. The molecule has 0 bridgehead atoms. The molecule has 0 atom stereocenters. The van der Waals surface area contributed by atoms with Gasteiger partial charge in [-0.3, -0.25) is 0 Å². The van der Waals surface area contributed by atoms with Crippen molar-refractivity contribution >= 4 is 21.4 Å². The molecule has 2 N–H and O–H groups in total. The smallest absolute Gasteiger partial charge is 0.250 e. The second kappa shape index (κ2) is 8.24. The highest BCUT2D eigenvalue weighted by atomic mass is 32.2. The van der Waals surface area contributed by atoms with Crippen molar-refractivity contribution in [2.75, 3.05) is 33.9 Å². The first-order valence-electron chi connectivity index (χ1n) is 7.03. The molecule has 0 saturated carbocycles. The van der Waals surface area contributed by atoms with Crippen LogP contribution in [0, 0.1) is 5.41 Å². The van der Waals surface area contributed by atoms with E-state index in [1.54, 1.807) is 13.2 Å². The van der Waals surface area contributed by atoms with E-state index in [-0.39, 0.29) is 5.41 Å². The summed E-state index contributed by atoms with van der Waals surface area (Å²) < 4.78 is 32.7. The first-order chi connectivity index (χ1) is 9.80. The van der Waals surface area contributed by atoms with E-state index in [0.717, 1.165) is 24.3 Å². The van der Waals surface area contributed by atoms with Gasteiger partial charge < -0.3 is 10.1 Å². The molecular formula is C14H26N2O3S2. The average molecular weight is 335 g/mol. The Kier molecular flexibility index (Phi) is 7.29. The Labute approximate surface area is 132 Å². The lowest BCUT2D eigenvalue weighted by Gasteiger charge is -2.24. The normalized spacial score (nSPS) is 12.8. The van der Waals surface area contributed by atoms with Crippen LogP contribution in [0.2, 0.25) is 0 Å². The number of rotatable bonds is 10. The van der Waals surface area contributed by atoms with Crippen molar-refractivity contribution in [2.24, 2.45) is 5.41 Å². The maximum absolute atomic E-state index is 12.3. The summed E-state index contributed by atoms with van der Waals surface area (Å²) in [4.78, 5) is 1.07. The van der Waals surface area contributed by atoms with Crippen molar-refractivity contribution in [3.8, 4) is 0 Å². The fraction of sp³-hybridized carbons (Fsp3) is 0.714. The van der Waals surface area contributed by atoms with Gasteiger partial charge in [0.1, 0.15) is 4.21 Å². The number of nitrogens with one attached hydrogen (secondary N) is 2. The quantitative estimate of drug-likeness (QED) is 0.685. The zero-order valence-electron chi connectivity index (χ0n) is 13.2. The predicted molar refractivity (Wildman–Crippen MR) is 87.4 cm³/mol. The highest BCUT2D eigenvalue weighted by Gasteiger charge is 2.23. The van der Waals surface area contributed by atoms with E-state index in [0.29, 0.717) is 17.4 Å². The molecule has 21 heavy (non-hydrogen) atoms. The van der Waals surface area contributed by atoms with Crippen LogP contribution >= 0.6 is 11.3 Å². The average Bonchev–Trinajstić information content (AvgIpc) is 2.91. The molecule has 0 saturated heterocycles. The van der Waals surface area contributed by atoms with Crippen LogP contribution in [0.5, 0.6) is 0 Å². The minimum Gasteiger partial charge on any atom is -0.385 e. The fourth-order valence-corrected chi connectivity index (χ4v) is 4.36. The molecule has 0 aliphatic heterocycles. The molecule has 1 heterocycles.